The van der Waals surface area contributed by atoms with E-state index in [1.54, 1.807) is 0 Å². The van der Waals surface area contributed by atoms with E-state index in [2.05, 4.69) is 23.9 Å². The van der Waals surface area contributed by atoms with Crippen LogP contribution in [0.15, 0.2) is 0 Å². The number of hydrogen-bond acceptors (Lipinski definition) is 3. The van der Waals surface area contributed by atoms with E-state index in [0.29, 0.717) is 4.99 Å². The molecule has 0 aromatic carbocycles. The van der Waals surface area contributed by atoms with E-state index < -0.39 is 0 Å². The zero-order chi connectivity index (χ0) is 11.6. The second-order valence-electron chi connectivity index (χ2n) is 4.43. The third-order valence-corrected chi connectivity index (χ3v) is 3.13. The van der Waals surface area contributed by atoms with Gasteiger partial charge in [0.1, 0.15) is 11.6 Å². The first-order chi connectivity index (χ1) is 6.83. The Labute approximate surface area is 95.9 Å². The number of thiocarbonyl (C=S) groups is 1. The van der Waals surface area contributed by atoms with E-state index in [4.69, 9.17) is 18.0 Å². The maximum absolute atomic E-state index is 5.66. The van der Waals surface area contributed by atoms with Crippen molar-refractivity contribution in [1.82, 2.24) is 14.8 Å². The predicted octanol–water partition coefficient (Wildman–Crippen LogP) is 1.60. The molecule has 15 heavy (non-hydrogen) atoms. The molecule has 0 aliphatic heterocycles. The lowest BCUT2D eigenvalue weighted by atomic mass is 9.89. The van der Waals surface area contributed by atoms with Crippen molar-refractivity contribution in [2.24, 2.45) is 11.1 Å². The Kier molecular flexibility index (Phi) is 3.44. The molecule has 1 rings (SSSR count). The van der Waals surface area contributed by atoms with Crippen LogP contribution in [-0.4, -0.2) is 19.8 Å². The molecule has 0 bridgehead atoms. The number of aromatic nitrogens is 3. The number of aryl methyl sites for hydroxylation is 3. The molecule has 0 unspecified atom stereocenters. The third kappa shape index (κ3) is 2.99. The summed E-state index contributed by atoms with van der Waals surface area (Å²) in [7, 11) is 0. The van der Waals surface area contributed by atoms with E-state index in [1.165, 1.54) is 0 Å². The van der Waals surface area contributed by atoms with Crippen LogP contribution in [0, 0.1) is 19.3 Å². The summed E-state index contributed by atoms with van der Waals surface area (Å²) in [5.74, 6) is 1.74. The SMILES string of the molecule is Cc1nc(C)n(CCC(C)(C)C(N)=S)n1. The van der Waals surface area contributed by atoms with Gasteiger partial charge in [0.15, 0.2) is 0 Å². The van der Waals surface area contributed by atoms with Crippen molar-refractivity contribution >= 4 is 17.2 Å². The highest BCUT2D eigenvalue weighted by Gasteiger charge is 2.21. The third-order valence-electron chi connectivity index (χ3n) is 2.58. The molecule has 0 fully saturated rings. The van der Waals surface area contributed by atoms with Gasteiger partial charge in [-0.3, -0.25) is 4.68 Å². The van der Waals surface area contributed by atoms with Crippen LogP contribution in [0.4, 0.5) is 0 Å². The fourth-order valence-electron chi connectivity index (χ4n) is 1.28. The van der Waals surface area contributed by atoms with Gasteiger partial charge in [-0.1, -0.05) is 26.1 Å². The van der Waals surface area contributed by atoms with Crippen LogP contribution < -0.4 is 5.73 Å². The van der Waals surface area contributed by atoms with Gasteiger partial charge >= 0.3 is 0 Å². The van der Waals surface area contributed by atoms with Gasteiger partial charge in [-0.05, 0) is 20.3 Å². The van der Waals surface area contributed by atoms with Gasteiger partial charge in [0.05, 0.1) is 4.99 Å². The summed E-state index contributed by atoms with van der Waals surface area (Å²) in [4.78, 5) is 4.80. The van der Waals surface area contributed by atoms with Crippen LogP contribution in [0.3, 0.4) is 0 Å². The number of nitrogens with zero attached hydrogens (tertiary/aromatic N) is 3. The van der Waals surface area contributed by atoms with E-state index in [-0.39, 0.29) is 5.41 Å². The van der Waals surface area contributed by atoms with Crippen molar-refractivity contribution in [1.29, 1.82) is 0 Å². The quantitative estimate of drug-likeness (QED) is 0.792. The van der Waals surface area contributed by atoms with E-state index >= 15 is 0 Å². The minimum Gasteiger partial charge on any atom is -0.393 e. The molecule has 0 aliphatic carbocycles. The van der Waals surface area contributed by atoms with E-state index in [9.17, 15) is 0 Å². The second kappa shape index (κ2) is 4.26. The normalized spacial score (nSPS) is 11.7. The van der Waals surface area contributed by atoms with E-state index in [1.807, 2.05) is 18.5 Å². The maximum atomic E-state index is 5.66. The Bertz CT molecular complexity index is 367. The van der Waals surface area contributed by atoms with Crippen LogP contribution >= 0.6 is 12.2 Å². The number of nitrogens with two attached hydrogens (primary N) is 1. The molecule has 1 aromatic heterocycles. The molecule has 2 N–H and O–H groups in total. The first-order valence-corrected chi connectivity index (χ1v) is 5.42. The smallest absolute Gasteiger partial charge is 0.147 e. The fourth-order valence-corrected chi connectivity index (χ4v) is 1.38. The van der Waals surface area contributed by atoms with Crippen LogP contribution in [-0.2, 0) is 6.54 Å². The molecular weight excluding hydrogens is 208 g/mol. The Hall–Kier alpha value is -0.970. The number of rotatable bonds is 4. The van der Waals surface area contributed by atoms with Crippen LogP contribution in [0.5, 0.6) is 0 Å². The molecule has 0 atom stereocenters. The Morgan fingerprint density at radius 3 is 2.47 bits per heavy atom. The zero-order valence-corrected chi connectivity index (χ0v) is 10.6. The lowest BCUT2D eigenvalue weighted by Gasteiger charge is -2.22. The van der Waals surface area contributed by atoms with Crippen molar-refractivity contribution < 1.29 is 0 Å². The molecule has 1 aromatic rings. The molecule has 0 amide bonds. The van der Waals surface area contributed by atoms with Crippen LogP contribution in [0.25, 0.3) is 0 Å². The van der Waals surface area contributed by atoms with E-state index in [0.717, 1.165) is 24.6 Å². The summed E-state index contributed by atoms with van der Waals surface area (Å²) < 4.78 is 1.90. The van der Waals surface area contributed by atoms with Crippen LogP contribution in [0.1, 0.15) is 31.9 Å². The summed E-state index contributed by atoms with van der Waals surface area (Å²) in [6.07, 6.45) is 0.881. The maximum Gasteiger partial charge on any atom is 0.147 e. The Morgan fingerprint density at radius 1 is 1.47 bits per heavy atom. The molecule has 5 heteroatoms. The van der Waals surface area contributed by atoms with Gasteiger partial charge in [0, 0.05) is 12.0 Å². The summed E-state index contributed by atoms with van der Waals surface area (Å²) >= 11 is 5.02. The Morgan fingerprint density at radius 2 is 2.07 bits per heavy atom. The highest BCUT2D eigenvalue weighted by Crippen LogP contribution is 2.21. The number of hydrogen-bond donors (Lipinski definition) is 1. The first-order valence-electron chi connectivity index (χ1n) is 5.01. The average Bonchev–Trinajstić information content (AvgIpc) is 2.41. The second-order valence-corrected chi connectivity index (χ2v) is 4.87. The van der Waals surface area contributed by atoms with Crippen molar-refractivity contribution in [3.63, 3.8) is 0 Å². The van der Waals surface area contributed by atoms with Gasteiger partial charge in [-0.15, -0.1) is 0 Å². The molecule has 0 radical (unpaired) electrons. The summed E-state index contributed by atoms with van der Waals surface area (Å²) in [6, 6.07) is 0. The predicted molar refractivity (Wildman–Crippen MR) is 64.7 cm³/mol. The lowest BCUT2D eigenvalue weighted by molar-refractivity contribution is 0.413. The molecule has 1 heterocycles. The summed E-state index contributed by atoms with van der Waals surface area (Å²) in [5, 5.41) is 4.29. The first kappa shape index (κ1) is 12.1. The van der Waals surface area contributed by atoms with Crippen molar-refractivity contribution in [2.75, 3.05) is 0 Å². The van der Waals surface area contributed by atoms with Gasteiger partial charge in [-0.2, -0.15) is 5.10 Å². The molecule has 0 saturated heterocycles. The van der Waals surface area contributed by atoms with Gasteiger partial charge in [-0.25, -0.2) is 4.98 Å². The summed E-state index contributed by atoms with van der Waals surface area (Å²) in [6.45, 7) is 8.75. The lowest BCUT2D eigenvalue weighted by Crippen LogP contribution is -2.31. The minimum atomic E-state index is -0.123. The molecule has 84 valence electrons. The Balaban J connectivity index is 2.65. The largest absolute Gasteiger partial charge is 0.393 e. The fraction of sp³-hybridized carbons (Fsp3) is 0.700. The molecule has 0 aliphatic rings. The van der Waals surface area contributed by atoms with Gasteiger partial charge in [0.2, 0.25) is 0 Å². The molecule has 0 spiro atoms. The zero-order valence-electron chi connectivity index (χ0n) is 9.74. The molecule has 4 nitrogen and oxygen atoms in total. The van der Waals surface area contributed by atoms with Crippen LogP contribution in [0.2, 0.25) is 0 Å². The topological polar surface area (TPSA) is 56.7 Å². The van der Waals surface area contributed by atoms with Crippen molar-refractivity contribution in [3.8, 4) is 0 Å². The molecule has 0 saturated carbocycles. The standard InChI is InChI=1S/C10H18N4S/c1-7-12-8(2)14(13-7)6-5-10(3,4)9(11)15/h5-6H2,1-4H3,(H2,11,15). The monoisotopic (exact) mass is 226 g/mol. The van der Waals surface area contributed by atoms with Gasteiger partial charge < -0.3 is 5.73 Å². The highest BCUT2D eigenvalue weighted by molar-refractivity contribution is 7.80. The molecular formula is C10H18N4S. The van der Waals surface area contributed by atoms with Gasteiger partial charge in [0.25, 0.3) is 0 Å². The summed E-state index contributed by atoms with van der Waals surface area (Å²) in [5.41, 5.74) is 5.54. The van der Waals surface area contributed by atoms with Crippen molar-refractivity contribution in [2.45, 2.75) is 40.7 Å². The van der Waals surface area contributed by atoms with Crippen molar-refractivity contribution in [3.05, 3.63) is 11.6 Å². The highest BCUT2D eigenvalue weighted by atomic mass is 32.1. The average molecular weight is 226 g/mol. The minimum absolute atomic E-state index is 0.123.